The zero-order valence-corrected chi connectivity index (χ0v) is 15.6. The monoisotopic (exact) mass is 380 g/mol. The molecule has 2 amide bonds. The molecule has 0 aromatic heterocycles. The smallest absolute Gasteiger partial charge is 0.414 e. The number of nitrogens with one attached hydrogen (secondary N) is 1. The number of halogens is 1. The number of nitrogens with zero attached hydrogens (tertiary/aromatic N) is 3. The second-order valence-corrected chi connectivity index (χ2v) is 6.53. The minimum Gasteiger partial charge on any atom is -0.442 e. The first-order valence-electron chi connectivity index (χ1n) is 9.13. The predicted molar refractivity (Wildman–Crippen MR) is 98.1 cm³/mol. The van der Waals surface area contributed by atoms with Crippen LogP contribution in [-0.2, 0) is 14.4 Å². The van der Waals surface area contributed by atoms with E-state index in [1.165, 1.54) is 17.9 Å². The maximum atomic E-state index is 14.7. The first kappa shape index (κ1) is 19.4. The average molecular weight is 380 g/mol. The molecular formula is C18H25FN4O4. The molecule has 2 saturated heterocycles. The van der Waals surface area contributed by atoms with Crippen molar-refractivity contribution in [3.8, 4) is 0 Å². The van der Waals surface area contributed by atoms with Crippen molar-refractivity contribution in [2.75, 3.05) is 55.7 Å². The summed E-state index contributed by atoms with van der Waals surface area (Å²) in [6, 6.07) is 4.74. The van der Waals surface area contributed by atoms with Crippen LogP contribution in [0.15, 0.2) is 18.2 Å². The number of cyclic esters (lactones) is 1. The Morgan fingerprint density at radius 2 is 2.15 bits per heavy atom. The van der Waals surface area contributed by atoms with Gasteiger partial charge in [0.05, 0.1) is 31.1 Å². The first-order valence-corrected chi connectivity index (χ1v) is 9.13. The van der Waals surface area contributed by atoms with Gasteiger partial charge < -0.3 is 15.0 Å². The van der Waals surface area contributed by atoms with E-state index in [9.17, 15) is 14.0 Å². The zero-order valence-electron chi connectivity index (χ0n) is 15.6. The molecule has 0 unspecified atom stereocenters. The minimum absolute atomic E-state index is 0.192. The molecule has 8 nitrogen and oxygen atoms in total. The van der Waals surface area contributed by atoms with Crippen LogP contribution in [0.5, 0.6) is 0 Å². The van der Waals surface area contributed by atoms with E-state index in [-0.39, 0.29) is 19.0 Å². The van der Waals surface area contributed by atoms with E-state index in [0.717, 1.165) is 6.54 Å². The molecule has 0 radical (unpaired) electrons. The number of rotatable bonds is 5. The fourth-order valence-electron chi connectivity index (χ4n) is 3.20. The van der Waals surface area contributed by atoms with E-state index in [0.29, 0.717) is 37.6 Å². The number of hydroxylamine groups is 2. The number of anilines is 2. The maximum absolute atomic E-state index is 14.7. The van der Waals surface area contributed by atoms with Gasteiger partial charge in [-0.05, 0) is 18.2 Å². The molecule has 0 spiro atoms. The van der Waals surface area contributed by atoms with Crippen molar-refractivity contribution < 1.29 is 23.6 Å². The third-order valence-electron chi connectivity index (χ3n) is 4.64. The third-order valence-corrected chi connectivity index (χ3v) is 4.64. The number of carbonyl (C=O) groups is 2. The van der Waals surface area contributed by atoms with Crippen LogP contribution in [0.1, 0.15) is 13.8 Å². The standard InChI is InChI=1S/C18H25FN4O4/c1-3-22-7-6-21(8-9-26-22)17-5-4-14(10-16(17)19)23-12-15(27-18(23)25)11-20-13(2)24/h4-5,10,15H,3,6-9,11-12H2,1-2H3,(H,20,24)/t15-/m0/s1. The molecule has 1 atom stereocenters. The summed E-state index contributed by atoms with van der Waals surface area (Å²) in [5, 5.41) is 4.48. The Balaban J connectivity index is 1.67. The largest absolute Gasteiger partial charge is 0.442 e. The summed E-state index contributed by atoms with van der Waals surface area (Å²) in [6.45, 7) is 7.15. The van der Waals surface area contributed by atoms with Crippen LogP contribution in [0.2, 0.25) is 0 Å². The van der Waals surface area contributed by atoms with Crippen LogP contribution in [0.25, 0.3) is 0 Å². The van der Waals surface area contributed by atoms with Crippen LogP contribution in [0, 0.1) is 5.82 Å². The molecule has 2 heterocycles. The summed E-state index contributed by atoms with van der Waals surface area (Å²) < 4.78 is 20.0. The lowest BCUT2D eigenvalue weighted by Gasteiger charge is -2.23. The molecule has 2 fully saturated rings. The highest BCUT2D eigenvalue weighted by Gasteiger charge is 2.33. The Hall–Kier alpha value is -2.39. The van der Waals surface area contributed by atoms with E-state index < -0.39 is 18.0 Å². The highest BCUT2D eigenvalue weighted by Crippen LogP contribution is 2.28. The summed E-state index contributed by atoms with van der Waals surface area (Å²) >= 11 is 0. The summed E-state index contributed by atoms with van der Waals surface area (Å²) in [4.78, 5) is 32.0. The van der Waals surface area contributed by atoms with Gasteiger partial charge in [0.1, 0.15) is 11.9 Å². The van der Waals surface area contributed by atoms with Gasteiger partial charge in [-0.1, -0.05) is 6.92 Å². The summed E-state index contributed by atoms with van der Waals surface area (Å²) in [5.41, 5.74) is 0.926. The molecule has 1 aromatic rings. The average Bonchev–Trinajstić information content (AvgIpc) is 2.86. The van der Waals surface area contributed by atoms with Crippen molar-refractivity contribution in [2.24, 2.45) is 0 Å². The molecule has 3 rings (SSSR count). The second kappa shape index (κ2) is 8.53. The first-order chi connectivity index (χ1) is 13.0. The van der Waals surface area contributed by atoms with Crippen molar-refractivity contribution in [3.05, 3.63) is 24.0 Å². The predicted octanol–water partition coefficient (Wildman–Crippen LogP) is 1.36. The Labute approximate surface area is 157 Å². The third kappa shape index (κ3) is 4.67. The Bertz CT molecular complexity index is 702. The van der Waals surface area contributed by atoms with E-state index >= 15 is 0 Å². The lowest BCUT2D eigenvalue weighted by Crippen LogP contribution is -2.33. The van der Waals surface area contributed by atoms with Crippen LogP contribution in [0.3, 0.4) is 0 Å². The van der Waals surface area contributed by atoms with E-state index in [4.69, 9.17) is 9.57 Å². The van der Waals surface area contributed by atoms with Crippen molar-refractivity contribution in [1.29, 1.82) is 0 Å². The van der Waals surface area contributed by atoms with E-state index in [1.807, 2.05) is 16.9 Å². The number of likely N-dealkylation sites (N-methyl/N-ethyl adjacent to an activating group) is 1. The molecule has 0 bridgehead atoms. The lowest BCUT2D eigenvalue weighted by molar-refractivity contribution is -0.143. The van der Waals surface area contributed by atoms with E-state index in [1.54, 1.807) is 12.1 Å². The van der Waals surface area contributed by atoms with Crippen LogP contribution < -0.4 is 15.1 Å². The van der Waals surface area contributed by atoms with Crippen molar-refractivity contribution >= 4 is 23.4 Å². The maximum Gasteiger partial charge on any atom is 0.414 e. The summed E-state index contributed by atoms with van der Waals surface area (Å²) in [7, 11) is 0. The molecule has 2 aliphatic heterocycles. The van der Waals surface area contributed by atoms with Gasteiger partial charge in [-0.3, -0.25) is 14.5 Å². The van der Waals surface area contributed by atoms with Gasteiger partial charge in [-0.15, -0.1) is 0 Å². The van der Waals surface area contributed by atoms with Gasteiger partial charge in [0.25, 0.3) is 0 Å². The Morgan fingerprint density at radius 1 is 1.33 bits per heavy atom. The SMILES string of the molecule is CCN1CCN(c2ccc(N3C[C@H](CNC(C)=O)OC3=O)cc2F)CCO1. The van der Waals surface area contributed by atoms with Crippen molar-refractivity contribution in [1.82, 2.24) is 10.4 Å². The van der Waals surface area contributed by atoms with Crippen molar-refractivity contribution in [3.63, 3.8) is 0 Å². The van der Waals surface area contributed by atoms with Crippen LogP contribution in [0.4, 0.5) is 20.6 Å². The van der Waals surface area contributed by atoms with Crippen LogP contribution in [-0.4, -0.2) is 69.0 Å². The Morgan fingerprint density at radius 3 is 2.85 bits per heavy atom. The van der Waals surface area contributed by atoms with Gasteiger partial charge in [0.15, 0.2) is 0 Å². The second-order valence-electron chi connectivity index (χ2n) is 6.53. The molecular weight excluding hydrogens is 355 g/mol. The fraction of sp³-hybridized carbons (Fsp3) is 0.556. The number of ether oxygens (including phenoxy) is 1. The van der Waals surface area contributed by atoms with Gasteiger partial charge in [-0.2, -0.15) is 5.06 Å². The van der Waals surface area contributed by atoms with Crippen molar-refractivity contribution in [2.45, 2.75) is 20.0 Å². The number of amides is 2. The summed E-state index contributed by atoms with van der Waals surface area (Å²) in [5.74, 6) is -0.585. The fourth-order valence-corrected chi connectivity index (χ4v) is 3.20. The molecule has 27 heavy (non-hydrogen) atoms. The number of benzene rings is 1. The quantitative estimate of drug-likeness (QED) is 0.832. The summed E-state index contributed by atoms with van der Waals surface area (Å²) in [6.07, 6.45) is -0.994. The van der Waals surface area contributed by atoms with Gasteiger partial charge in [-0.25, -0.2) is 9.18 Å². The number of carbonyl (C=O) groups excluding carboxylic acids is 2. The molecule has 1 aromatic carbocycles. The van der Waals surface area contributed by atoms with E-state index in [2.05, 4.69) is 5.32 Å². The molecule has 9 heteroatoms. The zero-order chi connectivity index (χ0) is 19.4. The molecule has 0 saturated carbocycles. The van der Waals surface area contributed by atoms with Gasteiger partial charge in [0.2, 0.25) is 5.91 Å². The molecule has 2 aliphatic rings. The molecule has 1 N–H and O–H groups in total. The lowest BCUT2D eigenvalue weighted by atomic mass is 10.2. The van der Waals surface area contributed by atoms with Gasteiger partial charge in [0, 0.05) is 33.1 Å². The number of hydrogen-bond acceptors (Lipinski definition) is 6. The minimum atomic E-state index is -0.542. The molecule has 148 valence electrons. The topological polar surface area (TPSA) is 74.4 Å². The van der Waals surface area contributed by atoms with Crippen LogP contribution >= 0.6 is 0 Å². The normalized spacial score (nSPS) is 21.1. The highest BCUT2D eigenvalue weighted by molar-refractivity contribution is 5.90. The molecule has 0 aliphatic carbocycles. The van der Waals surface area contributed by atoms with Gasteiger partial charge >= 0.3 is 6.09 Å². The highest BCUT2D eigenvalue weighted by atomic mass is 19.1. The number of hydrogen-bond donors (Lipinski definition) is 1. The Kier molecular flexibility index (Phi) is 6.12.